The molecular weight excluding hydrogens is 290 g/mol. The van der Waals surface area contributed by atoms with Gasteiger partial charge in [0.15, 0.2) is 5.82 Å². The summed E-state index contributed by atoms with van der Waals surface area (Å²) < 4.78 is 30.4. The third-order valence-electron chi connectivity index (χ3n) is 2.29. The highest BCUT2D eigenvalue weighted by Crippen LogP contribution is 2.21. The number of rotatable bonds is 4. The standard InChI is InChI=1S/C11H13N3O3S.C3H8/c1-3-18(15,16)14-10-6-4-5-9(7-10)11-12-8(2)13-17-11;1-3-2/h4-7,14H,3H2,1-2H3;3H2,1-2H3. The van der Waals surface area contributed by atoms with Gasteiger partial charge in [0.1, 0.15) is 0 Å². The van der Waals surface area contributed by atoms with Gasteiger partial charge in [0, 0.05) is 11.3 Å². The molecule has 1 aromatic heterocycles. The van der Waals surface area contributed by atoms with E-state index in [0.717, 1.165) is 0 Å². The minimum absolute atomic E-state index is 0.0247. The molecule has 0 aliphatic carbocycles. The van der Waals surface area contributed by atoms with Crippen LogP contribution in [0.1, 0.15) is 33.0 Å². The van der Waals surface area contributed by atoms with Crippen LogP contribution in [-0.4, -0.2) is 24.3 Å². The van der Waals surface area contributed by atoms with Gasteiger partial charge in [0.05, 0.1) is 5.75 Å². The van der Waals surface area contributed by atoms with Crippen molar-refractivity contribution in [3.8, 4) is 11.5 Å². The van der Waals surface area contributed by atoms with Crippen molar-refractivity contribution in [2.75, 3.05) is 10.5 Å². The van der Waals surface area contributed by atoms with Crippen molar-refractivity contribution in [3.05, 3.63) is 30.1 Å². The summed E-state index contributed by atoms with van der Waals surface area (Å²) in [6, 6.07) is 6.82. The van der Waals surface area contributed by atoms with Crippen LogP contribution in [0.25, 0.3) is 11.5 Å². The molecule has 21 heavy (non-hydrogen) atoms. The van der Waals surface area contributed by atoms with Gasteiger partial charge in [-0.3, -0.25) is 4.72 Å². The fraction of sp³-hybridized carbons (Fsp3) is 0.429. The van der Waals surface area contributed by atoms with Crippen molar-refractivity contribution in [2.24, 2.45) is 0 Å². The van der Waals surface area contributed by atoms with Crippen LogP contribution in [0.3, 0.4) is 0 Å². The fourth-order valence-electron chi connectivity index (χ4n) is 1.38. The Morgan fingerprint density at radius 1 is 1.24 bits per heavy atom. The normalized spacial score (nSPS) is 10.7. The fourth-order valence-corrected chi connectivity index (χ4v) is 2.01. The van der Waals surface area contributed by atoms with E-state index in [1.165, 1.54) is 6.42 Å². The summed E-state index contributed by atoms with van der Waals surface area (Å²) >= 11 is 0. The molecular formula is C14H21N3O3S. The zero-order chi connectivity index (χ0) is 15.9. The van der Waals surface area contributed by atoms with Gasteiger partial charge >= 0.3 is 0 Å². The average Bonchev–Trinajstić information content (AvgIpc) is 2.86. The number of benzene rings is 1. The van der Waals surface area contributed by atoms with Crippen LogP contribution in [0.4, 0.5) is 5.69 Å². The number of hydrogen-bond acceptors (Lipinski definition) is 5. The van der Waals surface area contributed by atoms with E-state index >= 15 is 0 Å². The molecule has 0 unspecified atom stereocenters. The molecule has 0 amide bonds. The maximum atomic E-state index is 11.5. The van der Waals surface area contributed by atoms with E-state index in [9.17, 15) is 8.42 Å². The maximum absolute atomic E-state index is 11.5. The highest BCUT2D eigenvalue weighted by atomic mass is 32.2. The molecule has 0 saturated heterocycles. The lowest BCUT2D eigenvalue weighted by Gasteiger charge is -2.06. The average molecular weight is 311 g/mol. The summed E-state index contributed by atoms with van der Waals surface area (Å²) in [5.74, 6) is 0.922. The minimum Gasteiger partial charge on any atom is -0.334 e. The van der Waals surface area contributed by atoms with Crippen LogP contribution in [0.5, 0.6) is 0 Å². The van der Waals surface area contributed by atoms with Crippen molar-refractivity contribution in [2.45, 2.75) is 34.1 Å². The predicted octanol–water partition coefficient (Wildman–Crippen LogP) is 3.22. The van der Waals surface area contributed by atoms with Crippen LogP contribution in [-0.2, 0) is 10.0 Å². The molecule has 2 rings (SSSR count). The van der Waals surface area contributed by atoms with Crippen LogP contribution in [0.2, 0.25) is 0 Å². The predicted molar refractivity (Wildman–Crippen MR) is 83.5 cm³/mol. The van der Waals surface area contributed by atoms with Gasteiger partial charge in [-0.15, -0.1) is 0 Å². The number of aryl methyl sites for hydroxylation is 1. The Bertz CT molecular complexity index is 666. The Balaban J connectivity index is 0.000000677. The Labute approximate surface area is 125 Å². The minimum atomic E-state index is -3.28. The first kappa shape index (κ1) is 17.2. The van der Waals surface area contributed by atoms with Gasteiger partial charge in [-0.05, 0) is 32.0 Å². The Morgan fingerprint density at radius 2 is 1.90 bits per heavy atom. The molecule has 0 aliphatic heterocycles. The molecule has 0 saturated carbocycles. The molecule has 0 atom stereocenters. The molecule has 0 bridgehead atoms. The van der Waals surface area contributed by atoms with Crippen LogP contribution in [0, 0.1) is 6.92 Å². The quantitative estimate of drug-likeness (QED) is 0.937. The molecule has 1 N–H and O–H groups in total. The zero-order valence-corrected chi connectivity index (χ0v) is 13.6. The summed E-state index contributed by atoms with van der Waals surface area (Å²) in [7, 11) is -3.28. The number of aromatic nitrogens is 2. The summed E-state index contributed by atoms with van der Waals surface area (Å²) in [4.78, 5) is 4.08. The summed E-state index contributed by atoms with van der Waals surface area (Å²) in [6.45, 7) is 7.55. The van der Waals surface area contributed by atoms with Crippen molar-refractivity contribution in [3.63, 3.8) is 0 Å². The maximum Gasteiger partial charge on any atom is 0.257 e. The van der Waals surface area contributed by atoms with Crippen molar-refractivity contribution in [1.29, 1.82) is 0 Å². The summed E-state index contributed by atoms with van der Waals surface area (Å²) in [5, 5.41) is 3.69. The molecule has 7 heteroatoms. The van der Waals surface area contributed by atoms with E-state index in [1.807, 2.05) is 0 Å². The monoisotopic (exact) mass is 311 g/mol. The van der Waals surface area contributed by atoms with Gasteiger partial charge in [-0.2, -0.15) is 4.98 Å². The number of hydrogen-bond donors (Lipinski definition) is 1. The van der Waals surface area contributed by atoms with E-state index in [4.69, 9.17) is 4.52 Å². The van der Waals surface area contributed by atoms with Crippen LogP contribution >= 0.6 is 0 Å². The van der Waals surface area contributed by atoms with Crippen LogP contribution in [0.15, 0.2) is 28.8 Å². The number of nitrogens with zero attached hydrogens (tertiary/aromatic N) is 2. The first-order chi connectivity index (χ1) is 9.91. The lowest BCUT2D eigenvalue weighted by Crippen LogP contribution is -2.14. The highest BCUT2D eigenvalue weighted by Gasteiger charge is 2.10. The SMILES string of the molecule is CCC.CCS(=O)(=O)Nc1cccc(-c2nc(C)no2)c1. The second-order valence-electron chi connectivity index (χ2n) is 4.44. The number of nitrogens with one attached hydrogen (secondary N) is 1. The van der Waals surface area contributed by atoms with E-state index in [1.54, 1.807) is 38.1 Å². The van der Waals surface area contributed by atoms with Gasteiger partial charge < -0.3 is 4.52 Å². The van der Waals surface area contributed by atoms with E-state index in [-0.39, 0.29) is 5.75 Å². The first-order valence-corrected chi connectivity index (χ1v) is 8.48. The molecule has 116 valence electrons. The van der Waals surface area contributed by atoms with Gasteiger partial charge in [0.2, 0.25) is 10.0 Å². The Kier molecular flexibility index (Phi) is 6.36. The second-order valence-corrected chi connectivity index (χ2v) is 6.45. The molecule has 0 fully saturated rings. The van der Waals surface area contributed by atoms with E-state index in [2.05, 4.69) is 28.7 Å². The lowest BCUT2D eigenvalue weighted by atomic mass is 10.2. The summed E-state index contributed by atoms with van der Waals surface area (Å²) in [6.07, 6.45) is 1.25. The van der Waals surface area contributed by atoms with Crippen molar-refractivity contribution < 1.29 is 12.9 Å². The zero-order valence-electron chi connectivity index (χ0n) is 12.8. The second kappa shape index (κ2) is 7.78. The third-order valence-corrected chi connectivity index (χ3v) is 3.60. The van der Waals surface area contributed by atoms with E-state index in [0.29, 0.717) is 23.0 Å². The first-order valence-electron chi connectivity index (χ1n) is 6.83. The van der Waals surface area contributed by atoms with Crippen LogP contribution < -0.4 is 4.72 Å². The lowest BCUT2D eigenvalue weighted by molar-refractivity contribution is 0.425. The molecule has 0 spiro atoms. The number of anilines is 1. The molecule has 1 aromatic carbocycles. The molecule has 1 heterocycles. The van der Waals surface area contributed by atoms with E-state index < -0.39 is 10.0 Å². The largest absolute Gasteiger partial charge is 0.334 e. The smallest absolute Gasteiger partial charge is 0.257 e. The highest BCUT2D eigenvalue weighted by molar-refractivity contribution is 7.92. The molecule has 2 aromatic rings. The van der Waals surface area contributed by atoms with Gasteiger partial charge in [-0.1, -0.05) is 31.5 Å². The topological polar surface area (TPSA) is 85.1 Å². The molecule has 0 aliphatic rings. The molecule has 6 nitrogen and oxygen atoms in total. The number of sulfonamides is 1. The molecule has 0 radical (unpaired) electrons. The van der Waals surface area contributed by atoms with Gasteiger partial charge in [-0.25, -0.2) is 8.42 Å². The Hall–Kier alpha value is -1.89. The van der Waals surface area contributed by atoms with Crippen molar-refractivity contribution in [1.82, 2.24) is 10.1 Å². The Morgan fingerprint density at radius 3 is 2.43 bits per heavy atom. The van der Waals surface area contributed by atoms with Crippen molar-refractivity contribution >= 4 is 15.7 Å². The van der Waals surface area contributed by atoms with Gasteiger partial charge in [0.25, 0.3) is 5.89 Å². The summed E-state index contributed by atoms with van der Waals surface area (Å²) in [5.41, 5.74) is 1.15. The third kappa shape index (κ3) is 5.55.